The van der Waals surface area contributed by atoms with E-state index >= 15 is 0 Å². The van der Waals surface area contributed by atoms with E-state index in [9.17, 15) is 4.79 Å². The second kappa shape index (κ2) is 6.35. The van der Waals surface area contributed by atoms with Crippen LogP contribution in [0.25, 0.3) is 0 Å². The van der Waals surface area contributed by atoms with E-state index in [4.69, 9.17) is 11.6 Å². The number of Topliss-reactive ketones (excluding diaryl/α,β-unsaturated/α-hetero) is 1. The molecule has 1 aliphatic heterocycles. The van der Waals surface area contributed by atoms with Crippen LogP contribution in [-0.2, 0) is 0 Å². The third kappa shape index (κ3) is 3.56. The molecule has 2 rings (SSSR count). The normalized spacial score (nSPS) is 19.8. The van der Waals surface area contributed by atoms with Gasteiger partial charge in [-0.25, -0.2) is 0 Å². The third-order valence-electron chi connectivity index (χ3n) is 3.67. The molecule has 1 N–H and O–H groups in total. The average molecular weight is 266 g/mol. The number of halogens is 1. The van der Waals surface area contributed by atoms with Crippen molar-refractivity contribution in [2.75, 3.05) is 13.1 Å². The fraction of sp³-hybridized carbons (Fsp3) is 0.533. The van der Waals surface area contributed by atoms with Crippen LogP contribution in [0.15, 0.2) is 18.2 Å². The fourth-order valence-corrected chi connectivity index (χ4v) is 2.60. The Kier molecular flexibility index (Phi) is 4.79. The number of hydrogen-bond acceptors (Lipinski definition) is 2. The fourth-order valence-electron chi connectivity index (χ4n) is 2.42. The first-order valence-electron chi connectivity index (χ1n) is 6.67. The second-order valence-corrected chi connectivity index (χ2v) is 5.55. The first-order valence-corrected chi connectivity index (χ1v) is 7.04. The molecule has 18 heavy (non-hydrogen) atoms. The van der Waals surface area contributed by atoms with Gasteiger partial charge in [-0.05, 0) is 56.8 Å². The summed E-state index contributed by atoms with van der Waals surface area (Å²) >= 11 is 6.04. The predicted molar refractivity (Wildman–Crippen MR) is 75.3 cm³/mol. The molecule has 1 aromatic carbocycles. The maximum absolute atomic E-state index is 12.1. The van der Waals surface area contributed by atoms with Crippen LogP contribution in [0, 0.1) is 12.8 Å². The van der Waals surface area contributed by atoms with Crippen molar-refractivity contribution < 1.29 is 4.79 Å². The molecule has 2 nitrogen and oxygen atoms in total. The molecule has 0 amide bonds. The number of aryl methyl sites for hydroxylation is 1. The summed E-state index contributed by atoms with van der Waals surface area (Å²) in [5.41, 5.74) is 1.76. The summed E-state index contributed by atoms with van der Waals surface area (Å²) in [5.74, 6) is 0.867. The zero-order valence-corrected chi connectivity index (χ0v) is 11.6. The Balaban J connectivity index is 1.88. The number of benzene rings is 1. The third-order valence-corrected chi connectivity index (χ3v) is 4.08. The number of hydrogen-bond donors (Lipinski definition) is 1. The van der Waals surface area contributed by atoms with Gasteiger partial charge in [-0.3, -0.25) is 4.79 Å². The van der Waals surface area contributed by atoms with E-state index in [2.05, 4.69) is 5.32 Å². The standard InChI is InChI=1S/C15H20ClNO/c1-11-4-6-13(9-14(11)16)15(18)7-5-12-3-2-8-17-10-12/h4,6,9,12,17H,2-3,5,7-8,10H2,1H3. The van der Waals surface area contributed by atoms with E-state index in [1.807, 2.05) is 19.1 Å². The van der Waals surface area contributed by atoms with Gasteiger partial charge in [0.2, 0.25) is 0 Å². The Bertz CT molecular complexity index is 425. The quantitative estimate of drug-likeness (QED) is 0.843. The van der Waals surface area contributed by atoms with E-state index < -0.39 is 0 Å². The molecule has 0 aliphatic carbocycles. The molecule has 0 bridgehead atoms. The minimum atomic E-state index is 0.211. The maximum atomic E-state index is 12.1. The smallest absolute Gasteiger partial charge is 0.162 e. The number of piperidine rings is 1. The summed E-state index contributed by atoms with van der Waals surface area (Å²) in [6.45, 7) is 4.13. The molecule has 0 spiro atoms. The van der Waals surface area contributed by atoms with Crippen LogP contribution in [0.4, 0.5) is 0 Å². The van der Waals surface area contributed by atoms with Gasteiger partial charge in [-0.1, -0.05) is 23.7 Å². The lowest BCUT2D eigenvalue weighted by Gasteiger charge is -2.22. The van der Waals surface area contributed by atoms with Gasteiger partial charge in [0.1, 0.15) is 0 Å². The van der Waals surface area contributed by atoms with Gasteiger partial charge < -0.3 is 5.32 Å². The van der Waals surface area contributed by atoms with Crippen molar-refractivity contribution in [3.8, 4) is 0 Å². The highest BCUT2D eigenvalue weighted by Gasteiger charge is 2.15. The van der Waals surface area contributed by atoms with Crippen molar-refractivity contribution in [2.24, 2.45) is 5.92 Å². The number of carbonyl (C=O) groups is 1. The lowest BCUT2D eigenvalue weighted by atomic mass is 9.92. The van der Waals surface area contributed by atoms with Crippen LogP contribution in [0.1, 0.15) is 41.6 Å². The second-order valence-electron chi connectivity index (χ2n) is 5.14. The van der Waals surface area contributed by atoms with Crippen LogP contribution in [0.3, 0.4) is 0 Å². The van der Waals surface area contributed by atoms with Crippen LogP contribution in [0.2, 0.25) is 5.02 Å². The van der Waals surface area contributed by atoms with E-state index in [-0.39, 0.29) is 5.78 Å². The Morgan fingerprint density at radius 1 is 1.50 bits per heavy atom. The molecular formula is C15H20ClNO. The summed E-state index contributed by atoms with van der Waals surface area (Å²) < 4.78 is 0. The molecule has 0 aromatic heterocycles. The van der Waals surface area contributed by atoms with Crippen molar-refractivity contribution in [1.29, 1.82) is 0 Å². The molecule has 1 aliphatic rings. The Morgan fingerprint density at radius 3 is 3.00 bits per heavy atom. The number of rotatable bonds is 4. The Labute approximate surface area is 114 Å². The Hall–Kier alpha value is -0.860. The van der Waals surface area contributed by atoms with Gasteiger partial charge >= 0.3 is 0 Å². The highest BCUT2D eigenvalue weighted by Crippen LogP contribution is 2.20. The van der Waals surface area contributed by atoms with Gasteiger partial charge in [0.25, 0.3) is 0 Å². The molecule has 1 aromatic rings. The minimum Gasteiger partial charge on any atom is -0.316 e. The summed E-state index contributed by atoms with van der Waals surface area (Å²) in [4.78, 5) is 12.1. The summed E-state index contributed by atoms with van der Waals surface area (Å²) in [6.07, 6.45) is 4.09. The monoisotopic (exact) mass is 265 g/mol. The first-order chi connectivity index (χ1) is 8.66. The van der Waals surface area contributed by atoms with E-state index in [0.717, 1.165) is 30.6 Å². The van der Waals surface area contributed by atoms with Crippen molar-refractivity contribution in [1.82, 2.24) is 5.32 Å². The zero-order valence-electron chi connectivity index (χ0n) is 10.8. The van der Waals surface area contributed by atoms with Gasteiger partial charge in [-0.15, -0.1) is 0 Å². The topological polar surface area (TPSA) is 29.1 Å². The predicted octanol–water partition coefficient (Wildman–Crippen LogP) is 3.61. The molecule has 1 atom stereocenters. The number of nitrogens with one attached hydrogen (secondary N) is 1. The maximum Gasteiger partial charge on any atom is 0.162 e. The molecule has 1 fully saturated rings. The lowest BCUT2D eigenvalue weighted by molar-refractivity contribution is 0.0971. The van der Waals surface area contributed by atoms with Crippen molar-refractivity contribution >= 4 is 17.4 Å². The van der Waals surface area contributed by atoms with Crippen LogP contribution >= 0.6 is 11.6 Å². The first kappa shape index (κ1) is 13.6. The van der Waals surface area contributed by atoms with Crippen molar-refractivity contribution in [3.05, 3.63) is 34.3 Å². The number of carbonyl (C=O) groups excluding carboxylic acids is 1. The molecule has 1 heterocycles. The van der Waals surface area contributed by atoms with E-state index in [0.29, 0.717) is 17.4 Å². The molecular weight excluding hydrogens is 246 g/mol. The molecule has 98 valence electrons. The average Bonchev–Trinajstić information content (AvgIpc) is 2.40. The van der Waals surface area contributed by atoms with Crippen LogP contribution < -0.4 is 5.32 Å². The van der Waals surface area contributed by atoms with E-state index in [1.54, 1.807) is 6.07 Å². The minimum absolute atomic E-state index is 0.211. The highest BCUT2D eigenvalue weighted by atomic mass is 35.5. The molecule has 0 radical (unpaired) electrons. The highest BCUT2D eigenvalue weighted by molar-refractivity contribution is 6.31. The molecule has 1 unspecified atom stereocenters. The van der Waals surface area contributed by atoms with Crippen LogP contribution in [0.5, 0.6) is 0 Å². The van der Waals surface area contributed by atoms with Gasteiger partial charge in [0.15, 0.2) is 5.78 Å². The summed E-state index contributed by atoms with van der Waals surface area (Å²) in [7, 11) is 0. The SMILES string of the molecule is Cc1ccc(C(=O)CCC2CCCNC2)cc1Cl. The van der Waals surface area contributed by atoms with Gasteiger partial charge in [0.05, 0.1) is 0 Å². The van der Waals surface area contributed by atoms with Crippen molar-refractivity contribution in [2.45, 2.75) is 32.6 Å². The van der Waals surface area contributed by atoms with Crippen LogP contribution in [-0.4, -0.2) is 18.9 Å². The molecule has 1 saturated heterocycles. The summed E-state index contributed by atoms with van der Waals surface area (Å²) in [6, 6.07) is 5.58. The van der Waals surface area contributed by atoms with Gasteiger partial charge in [-0.2, -0.15) is 0 Å². The Morgan fingerprint density at radius 2 is 2.33 bits per heavy atom. The molecule has 0 saturated carbocycles. The summed E-state index contributed by atoms with van der Waals surface area (Å²) in [5, 5.41) is 4.06. The van der Waals surface area contributed by atoms with Crippen molar-refractivity contribution in [3.63, 3.8) is 0 Å². The zero-order chi connectivity index (χ0) is 13.0. The largest absolute Gasteiger partial charge is 0.316 e. The van der Waals surface area contributed by atoms with E-state index in [1.165, 1.54) is 12.8 Å². The number of ketones is 1. The lowest BCUT2D eigenvalue weighted by Crippen LogP contribution is -2.30. The van der Waals surface area contributed by atoms with Gasteiger partial charge in [0, 0.05) is 17.0 Å². The molecule has 3 heteroatoms.